The van der Waals surface area contributed by atoms with E-state index in [1.54, 1.807) is 25.3 Å². The van der Waals surface area contributed by atoms with Gasteiger partial charge in [0.25, 0.3) is 0 Å². The highest BCUT2D eigenvalue weighted by atomic mass is 16.7. The summed E-state index contributed by atoms with van der Waals surface area (Å²) < 4.78 is 21.8. The summed E-state index contributed by atoms with van der Waals surface area (Å²) in [5.74, 6) is 0.837. The van der Waals surface area contributed by atoms with E-state index in [1.807, 2.05) is 12.1 Å². The smallest absolute Gasteiger partial charge is 0.231 e. The molecule has 7 heteroatoms. The predicted molar refractivity (Wildman–Crippen MR) is 89.3 cm³/mol. The van der Waals surface area contributed by atoms with Gasteiger partial charge in [-0.05, 0) is 23.8 Å². The van der Waals surface area contributed by atoms with Crippen molar-refractivity contribution in [1.29, 1.82) is 10.7 Å². The molecule has 2 aromatic rings. The first-order valence-electron chi connectivity index (χ1n) is 7.65. The van der Waals surface area contributed by atoms with Crippen LogP contribution in [0.3, 0.4) is 0 Å². The third kappa shape index (κ3) is 2.31. The Kier molecular flexibility index (Phi) is 3.39. The fourth-order valence-electron chi connectivity index (χ4n) is 3.24. The average molecular weight is 337 g/mol. The number of benzene rings is 2. The van der Waals surface area contributed by atoms with E-state index in [0.717, 1.165) is 11.1 Å². The fourth-order valence-corrected chi connectivity index (χ4v) is 3.24. The number of hydrogen-bond donors (Lipinski definition) is 2. The Morgan fingerprint density at radius 1 is 1.24 bits per heavy atom. The molecule has 0 radical (unpaired) electrons. The SMILES string of the molecule is COc1cc(C2c3ccc(N)cc3OC(=N)C2C#N)cc2c1OCO2. The molecule has 2 unspecified atom stereocenters. The van der Waals surface area contributed by atoms with E-state index in [9.17, 15) is 5.26 Å². The van der Waals surface area contributed by atoms with Gasteiger partial charge in [0, 0.05) is 23.2 Å². The van der Waals surface area contributed by atoms with Crippen LogP contribution >= 0.6 is 0 Å². The second-order valence-electron chi connectivity index (χ2n) is 5.80. The molecule has 0 bridgehead atoms. The Hall–Kier alpha value is -3.40. The molecular formula is C18H15N3O4. The zero-order valence-electron chi connectivity index (χ0n) is 13.4. The first-order valence-corrected chi connectivity index (χ1v) is 7.65. The highest BCUT2D eigenvalue weighted by Crippen LogP contribution is 2.48. The number of fused-ring (bicyclic) bond motifs is 2. The van der Waals surface area contributed by atoms with Crippen LogP contribution in [0.1, 0.15) is 17.0 Å². The third-order valence-corrected chi connectivity index (χ3v) is 4.39. The Morgan fingerprint density at radius 2 is 2.08 bits per heavy atom. The molecule has 25 heavy (non-hydrogen) atoms. The summed E-state index contributed by atoms with van der Waals surface area (Å²) in [6, 6.07) is 11.0. The number of nitrogens with zero attached hydrogens (tertiary/aromatic N) is 1. The van der Waals surface area contributed by atoms with Crippen molar-refractivity contribution in [3.05, 3.63) is 41.5 Å². The van der Waals surface area contributed by atoms with Crippen LogP contribution in [-0.4, -0.2) is 19.8 Å². The van der Waals surface area contributed by atoms with Crippen LogP contribution in [-0.2, 0) is 0 Å². The summed E-state index contributed by atoms with van der Waals surface area (Å²) in [6.07, 6.45) is 0. The third-order valence-electron chi connectivity index (χ3n) is 4.39. The van der Waals surface area contributed by atoms with Crippen LogP contribution in [0.2, 0.25) is 0 Å². The number of ether oxygens (including phenoxy) is 4. The summed E-state index contributed by atoms with van der Waals surface area (Å²) in [6.45, 7) is 0.119. The molecule has 0 spiro atoms. The van der Waals surface area contributed by atoms with Crippen molar-refractivity contribution in [2.24, 2.45) is 5.92 Å². The van der Waals surface area contributed by atoms with Gasteiger partial charge in [-0.3, -0.25) is 5.41 Å². The lowest BCUT2D eigenvalue weighted by molar-refractivity contribution is 0.171. The molecule has 2 heterocycles. The van der Waals surface area contributed by atoms with Crippen molar-refractivity contribution in [3.63, 3.8) is 0 Å². The maximum atomic E-state index is 9.61. The van der Waals surface area contributed by atoms with Gasteiger partial charge >= 0.3 is 0 Å². The monoisotopic (exact) mass is 337 g/mol. The highest BCUT2D eigenvalue weighted by molar-refractivity contribution is 5.85. The van der Waals surface area contributed by atoms with Crippen LogP contribution in [0, 0.1) is 22.7 Å². The van der Waals surface area contributed by atoms with Gasteiger partial charge in [-0.25, -0.2) is 0 Å². The molecule has 0 aliphatic carbocycles. The lowest BCUT2D eigenvalue weighted by Gasteiger charge is -2.30. The van der Waals surface area contributed by atoms with Gasteiger partial charge in [-0.1, -0.05) is 6.07 Å². The minimum Gasteiger partial charge on any atom is -0.493 e. The molecule has 0 saturated carbocycles. The standard InChI is InChI=1S/C18H15N3O4/c1-22-14-4-9(5-15-17(14)24-8-23-15)16-11-3-2-10(20)6-13(11)25-18(21)12(16)7-19/h2-6,12,16,21H,8,20H2,1H3. The number of nitrogens with two attached hydrogens (primary N) is 1. The molecule has 0 saturated heterocycles. The Labute approximate surface area is 144 Å². The molecule has 2 atom stereocenters. The highest BCUT2D eigenvalue weighted by Gasteiger charge is 2.38. The number of nitriles is 1. The molecule has 0 aromatic heterocycles. The van der Waals surface area contributed by atoms with E-state index in [2.05, 4.69) is 6.07 Å². The molecule has 0 fully saturated rings. The van der Waals surface area contributed by atoms with Gasteiger partial charge in [-0.2, -0.15) is 5.26 Å². The zero-order chi connectivity index (χ0) is 17.6. The number of rotatable bonds is 2. The summed E-state index contributed by atoms with van der Waals surface area (Å²) in [7, 11) is 1.55. The van der Waals surface area contributed by atoms with Crippen molar-refractivity contribution in [1.82, 2.24) is 0 Å². The van der Waals surface area contributed by atoms with Gasteiger partial charge in [-0.15, -0.1) is 0 Å². The van der Waals surface area contributed by atoms with E-state index < -0.39 is 11.8 Å². The van der Waals surface area contributed by atoms with E-state index >= 15 is 0 Å². The van der Waals surface area contributed by atoms with Crippen molar-refractivity contribution in [3.8, 4) is 29.1 Å². The quantitative estimate of drug-likeness (QED) is 0.815. The topological polar surface area (TPSA) is 111 Å². The van der Waals surface area contributed by atoms with Gasteiger partial charge < -0.3 is 24.7 Å². The average Bonchev–Trinajstić information content (AvgIpc) is 3.08. The number of hydrogen-bond acceptors (Lipinski definition) is 7. The fraction of sp³-hybridized carbons (Fsp3) is 0.222. The summed E-state index contributed by atoms with van der Waals surface area (Å²) in [5.41, 5.74) is 7.93. The van der Waals surface area contributed by atoms with Crippen molar-refractivity contribution in [2.45, 2.75) is 5.92 Å². The van der Waals surface area contributed by atoms with Crippen LogP contribution < -0.4 is 24.7 Å². The molecule has 2 aliphatic heterocycles. The van der Waals surface area contributed by atoms with Crippen molar-refractivity contribution >= 4 is 11.6 Å². The van der Waals surface area contributed by atoms with Gasteiger partial charge in [0.15, 0.2) is 11.5 Å². The predicted octanol–water partition coefficient (Wildman–Crippen LogP) is 2.65. The molecule has 2 aromatic carbocycles. The van der Waals surface area contributed by atoms with Crippen LogP contribution in [0.15, 0.2) is 30.3 Å². The van der Waals surface area contributed by atoms with Crippen molar-refractivity contribution < 1.29 is 18.9 Å². The molecule has 7 nitrogen and oxygen atoms in total. The molecule has 0 amide bonds. The first-order chi connectivity index (χ1) is 12.1. The van der Waals surface area contributed by atoms with E-state index in [-0.39, 0.29) is 12.7 Å². The second-order valence-corrected chi connectivity index (χ2v) is 5.80. The summed E-state index contributed by atoms with van der Waals surface area (Å²) >= 11 is 0. The lowest BCUT2D eigenvalue weighted by atomic mass is 9.79. The largest absolute Gasteiger partial charge is 0.493 e. The van der Waals surface area contributed by atoms with E-state index in [4.69, 9.17) is 30.1 Å². The van der Waals surface area contributed by atoms with E-state index in [1.165, 1.54) is 0 Å². The molecule has 4 rings (SSSR count). The van der Waals surface area contributed by atoms with Crippen LogP contribution in [0.4, 0.5) is 5.69 Å². The number of anilines is 1. The maximum Gasteiger partial charge on any atom is 0.231 e. The minimum absolute atomic E-state index is 0.109. The summed E-state index contributed by atoms with van der Waals surface area (Å²) in [4.78, 5) is 0. The molecule has 126 valence electrons. The first kappa shape index (κ1) is 15.1. The van der Waals surface area contributed by atoms with Crippen LogP contribution in [0.25, 0.3) is 0 Å². The zero-order valence-corrected chi connectivity index (χ0v) is 13.4. The van der Waals surface area contributed by atoms with Crippen molar-refractivity contribution in [2.75, 3.05) is 19.6 Å². The Balaban J connectivity index is 1.91. The summed E-state index contributed by atoms with van der Waals surface area (Å²) in [5, 5.41) is 17.7. The second kappa shape index (κ2) is 5.60. The van der Waals surface area contributed by atoms with Gasteiger partial charge in [0.1, 0.15) is 11.7 Å². The minimum atomic E-state index is -0.763. The molecule has 3 N–H and O–H groups in total. The molecule has 2 aliphatic rings. The van der Waals surface area contributed by atoms with Gasteiger partial charge in [0.2, 0.25) is 18.4 Å². The number of nitrogen functional groups attached to an aromatic ring is 1. The van der Waals surface area contributed by atoms with Crippen LogP contribution in [0.5, 0.6) is 23.0 Å². The normalized spacial score (nSPS) is 20.4. The van der Waals surface area contributed by atoms with Gasteiger partial charge in [0.05, 0.1) is 13.2 Å². The Bertz CT molecular complexity index is 919. The number of nitrogens with one attached hydrogen (secondary N) is 1. The Morgan fingerprint density at radius 3 is 2.84 bits per heavy atom. The van der Waals surface area contributed by atoms with E-state index in [0.29, 0.717) is 28.7 Å². The maximum absolute atomic E-state index is 9.61. The molecular weight excluding hydrogens is 322 g/mol. The number of methoxy groups -OCH3 is 1. The lowest BCUT2D eigenvalue weighted by Crippen LogP contribution is -2.31.